The Hall–Kier alpha value is -8.26. The van der Waals surface area contributed by atoms with E-state index in [2.05, 4.69) is 42.2 Å². The summed E-state index contributed by atoms with van der Waals surface area (Å²) in [5.74, 6) is -13.0. The van der Waals surface area contributed by atoms with Crippen molar-refractivity contribution in [2.45, 2.75) is 135 Å². The van der Waals surface area contributed by atoms with E-state index in [0.717, 1.165) is 12.1 Å². The number of benzene rings is 2. The fourth-order valence-corrected chi connectivity index (χ4v) is 7.06. The first-order chi connectivity index (χ1) is 35.3. The number of rotatable bonds is 30. The number of nitrogens with one attached hydrogen (secondary N) is 7. The molecule has 0 fully saturated rings. The SMILES string of the molecule is [2H]C([2H])([2H])C(=O)N[C@@H](Cc1ccc(O)c(N)c1)C(=O)N[C@@H](CC(C)C)C(=O)N[C@@H](Cc1ccc(O)c([N+](=O)[O-])c1)C(=O)N[C@@H](CCC(=O)O)C(=O)N[C@H](C(=O)N[C@@H](C)C(=O)N[C@@H](CCCN=C(N)N)C(=O)O)[C@@H](C)CC. The molecule has 73 heavy (non-hydrogen) atoms. The number of aromatic hydroxyl groups is 2. The van der Waals surface area contributed by atoms with Crippen LogP contribution in [0.15, 0.2) is 41.4 Å². The molecule has 0 aliphatic rings. The number of hydrogen-bond acceptors (Lipinski definition) is 15. The molecular formula is C46H68N12O15. The van der Waals surface area contributed by atoms with E-state index in [4.69, 9.17) is 21.3 Å². The van der Waals surface area contributed by atoms with Gasteiger partial charge in [0.15, 0.2) is 11.7 Å². The molecule has 0 saturated heterocycles. The van der Waals surface area contributed by atoms with Gasteiger partial charge >= 0.3 is 17.6 Å². The second-order valence-corrected chi connectivity index (χ2v) is 17.6. The van der Waals surface area contributed by atoms with Crippen molar-refractivity contribution in [3.05, 3.63) is 57.6 Å². The summed E-state index contributed by atoms with van der Waals surface area (Å²) in [7, 11) is 0. The number of carboxylic acids is 2. The number of carbonyl (C=O) groups is 9. The van der Waals surface area contributed by atoms with Crippen molar-refractivity contribution in [3.8, 4) is 11.5 Å². The van der Waals surface area contributed by atoms with Crippen LogP contribution in [-0.2, 0) is 56.0 Å². The van der Waals surface area contributed by atoms with Gasteiger partial charge in [0.05, 0.1) is 10.6 Å². The van der Waals surface area contributed by atoms with Gasteiger partial charge in [-0.15, -0.1) is 0 Å². The summed E-state index contributed by atoms with van der Waals surface area (Å²) >= 11 is 0. The molecular weight excluding hydrogens is 961 g/mol. The molecule has 27 heteroatoms. The predicted molar refractivity (Wildman–Crippen MR) is 263 cm³/mol. The molecule has 0 spiro atoms. The molecule has 8 atom stereocenters. The summed E-state index contributed by atoms with van der Waals surface area (Å²) in [6, 6.07) is -4.25. The third-order valence-corrected chi connectivity index (χ3v) is 11.2. The molecule has 27 nitrogen and oxygen atoms in total. The van der Waals surface area contributed by atoms with Crippen LogP contribution in [0.2, 0.25) is 0 Å². The average Bonchev–Trinajstić information content (AvgIpc) is 3.32. The van der Waals surface area contributed by atoms with Gasteiger partial charge in [0.1, 0.15) is 48.0 Å². The zero-order valence-corrected chi connectivity index (χ0v) is 40.9. The largest absolute Gasteiger partial charge is 0.506 e. The second-order valence-electron chi connectivity index (χ2n) is 17.6. The number of nitrogens with zero attached hydrogens (tertiary/aromatic N) is 2. The van der Waals surface area contributed by atoms with Gasteiger partial charge in [-0.05, 0) is 73.8 Å². The molecule has 0 saturated carbocycles. The molecule has 7 amide bonds. The van der Waals surface area contributed by atoms with E-state index in [1.807, 2.05) is 0 Å². The molecule has 402 valence electrons. The fraction of sp³-hybridized carbons (Fsp3) is 0.522. The monoisotopic (exact) mass is 1030 g/mol. The van der Waals surface area contributed by atoms with E-state index in [9.17, 15) is 73.7 Å². The number of anilines is 1. The molecule has 2 aromatic rings. The Morgan fingerprint density at radius 1 is 0.699 bits per heavy atom. The molecule has 2 aromatic carbocycles. The van der Waals surface area contributed by atoms with E-state index in [-0.39, 0.29) is 66.7 Å². The highest BCUT2D eigenvalue weighted by Crippen LogP contribution is 2.27. The number of nitro groups is 1. The summed E-state index contributed by atoms with van der Waals surface area (Å²) in [5, 5.41) is 67.8. The number of aliphatic carboxylic acids is 2. The first-order valence-corrected chi connectivity index (χ1v) is 23.0. The number of nitrogen functional groups attached to an aromatic ring is 1. The van der Waals surface area contributed by atoms with Gasteiger partial charge in [-0.1, -0.05) is 46.2 Å². The Morgan fingerprint density at radius 2 is 1.23 bits per heavy atom. The number of carbonyl (C=O) groups excluding carboxylic acids is 7. The van der Waals surface area contributed by atoms with Crippen LogP contribution in [0.5, 0.6) is 11.5 Å². The fourth-order valence-electron chi connectivity index (χ4n) is 7.06. The topological polar surface area (TPSA) is 452 Å². The Bertz CT molecular complexity index is 2470. The number of amides is 7. The van der Waals surface area contributed by atoms with Crippen LogP contribution in [0.3, 0.4) is 0 Å². The Labute approximate surface area is 424 Å². The summed E-state index contributed by atoms with van der Waals surface area (Å²) in [4.78, 5) is 135. The van der Waals surface area contributed by atoms with E-state index in [1.54, 1.807) is 27.7 Å². The van der Waals surface area contributed by atoms with Crippen LogP contribution < -0.4 is 54.4 Å². The Kier molecular flexibility index (Phi) is 22.2. The number of hydrogen-bond donors (Lipinski definition) is 14. The van der Waals surface area contributed by atoms with Crippen molar-refractivity contribution in [1.82, 2.24) is 37.2 Å². The minimum Gasteiger partial charge on any atom is -0.506 e. The summed E-state index contributed by atoms with van der Waals surface area (Å²) in [5.41, 5.74) is 15.7. The highest BCUT2D eigenvalue weighted by atomic mass is 16.6. The van der Waals surface area contributed by atoms with Gasteiger partial charge < -0.3 is 74.8 Å². The Morgan fingerprint density at radius 3 is 1.77 bits per heavy atom. The highest BCUT2D eigenvalue weighted by Gasteiger charge is 2.35. The van der Waals surface area contributed by atoms with Crippen molar-refractivity contribution in [3.63, 3.8) is 0 Å². The first kappa shape index (κ1) is 55.7. The molecule has 0 aromatic heterocycles. The predicted octanol–water partition coefficient (Wildman–Crippen LogP) is -1.10. The van der Waals surface area contributed by atoms with E-state index < -0.39 is 150 Å². The third-order valence-electron chi connectivity index (χ3n) is 11.2. The molecule has 2 rings (SSSR count). The van der Waals surface area contributed by atoms with Gasteiger partial charge in [0.25, 0.3) is 0 Å². The molecule has 0 bridgehead atoms. The lowest BCUT2D eigenvalue weighted by molar-refractivity contribution is -0.385. The van der Waals surface area contributed by atoms with Gasteiger partial charge in [0, 0.05) is 42.8 Å². The lowest BCUT2D eigenvalue weighted by Crippen LogP contribution is -2.61. The number of carboxylic acid groups (broad SMARTS) is 2. The van der Waals surface area contributed by atoms with Crippen LogP contribution in [-0.4, -0.2) is 133 Å². The number of nitro benzene ring substituents is 1. The maximum Gasteiger partial charge on any atom is 0.326 e. The first-order valence-electron chi connectivity index (χ1n) is 24.5. The highest BCUT2D eigenvalue weighted by molar-refractivity contribution is 5.97. The van der Waals surface area contributed by atoms with Crippen molar-refractivity contribution >= 4 is 70.6 Å². The summed E-state index contributed by atoms with van der Waals surface area (Å²) in [6.07, 6.45) is -2.21. The van der Waals surface area contributed by atoms with Crippen LogP contribution in [0.25, 0.3) is 0 Å². The van der Waals surface area contributed by atoms with E-state index in [1.165, 1.54) is 31.2 Å². The third kappa shape index (κ3) is 20.9. The maximum absolute atomic E-state index is 14.4. The van der Waals surface area contributed by atoms with Crippen LogP contribution in [0, 0.1) is 22.0 Å². The zero-order valence-electron chi connectivity index (χ0n) is 43.9. The van der Waals surface area contributed by atoms with Crippen LogP contribution >= 0.6 is 0 Å². The number of aliphatic imine (C=N–C) groups is 1. The van der Waals surface area contributed by atoms with E-state index in [0.29, 0.717) is 0 Å². The Balaban J connectivity index is 2.56. The van der Waals surface area contributed by atoms with Crippen molar-refractivity contribution in [1.29, 1.82) is 0 Å². The second kappa shape index (κ2) is 29.2. The van der Waals surface area contributed by atoms with Gasteiger partial charge in [-0.3, -0.25) is 53.5 Å². The standard InChI is InChI=1S/C46H68N12O15/c1-7-23(4)38(44(69)51-24(5)39(64)54-30(45(70)71)9-8-16-50-46(48)49)57-40(65)29(12-15-37(62)63)53-43(68)33(20-27-11-14-36(61)34(21-27)58(72)73)56-41(66)31(17-22(2)3)55-42(67)32(52-25(6)59)19-26-10-13-35(60)28(47)18-26/h10-11,13-14,18,21-24,29-33,38,60-61H,7-9,12,15-17,19-20,47H2,1-6H3,(H,51,69)(H,52,59)(H,53,68)(H,54,64)(H,55,67)(H,56,66)(H,57,65)(H,62,63)(H,70,71)(H4,48,49,50)/t23-,24-,29-,30-,31-,32-,33-,38-/m0/s1/i6D3. The van der Waals surface area contributed by atoms with Crippen molar-refractivity contribution < 1.29 is 72.6 Å². The van der Waals surface area contributed by atoms with Crippen LogP contribution in [0.4, 0.5) is 11.4 Å². The smallest absolute Gasteiger partial charge is 0.326 e. The van der Waals surface area contributed by atoms with Gasteiger partial charge in [0.2, 0.25) is 41.4 Å². The van der Waals surface area contributed by atoms with Crippen molar-refractivity contribution in [2.75, 3.05) is 12.3 Å². The molecule has 17 N–H and O–H groups in total. The van der Waals surface area contributed by atoms with E-state index >= 15 is 0 Å². The van der Waals surface area contributed by atoms with Crippen LogP contribution in [0.1, 0.15) is 95.2 Å². The lowest BCUT2D eigenvalue weighted by atomic mass is 9.97. The number of phenolic OH excluding ortho intramolecular Hbond substituents is 2. The van der Waals surface area contributed by atoms with Crippen molar-refractivity contribution in [2.24, 2.45) is 28.3 Å². The number of phenols is 2. The molecule has 0 radical (unpaired) electrons. The maximum atomic E-state index is 14.4. The minimum absolute atomic E-state index is 0.0335. The number of guanidine groups is 1. The summed E-state index contributed by atoms with van der Waals surface area (Å²) < 4.78 is 22.6. The zero-order chi connectivity index (χ0) is 57.8. The molecule has 0 aliphatic heterocycles. The normalized spacial score (nSPS) is 15.0. The average molecular weight is 1030 g/mol. The van der Waals surface area contributed by atoms with Gasteiger partial charge in [-0.2, -0.15) is 0 Å². The summed E-state index contributed by atoms with van der Waals surface area (Å²) in [6.45, 7) is 4.61. The quantitative estimate of drug-likeness (QED) is 0.00840. The number of nitrogens with two attached hydrogens (primary N) is 3. The lowest BCUT2D eigenvalue weighted by Gasteiger charge is -2.29. The molecule has 0 aliphatic carbocycles. The minimum atomic E-state index is -3.23. The van der Waals surface area contributed by atoms with Gasteiger partial charge in [-0.25, -0.2) is 4.79 Å². The molecule has 0 heterocycles. The molecule has 0 unspecified atom stereocenters.